The summed E-state index contributed by atoms with van der Waals surface area (Å²) >= 11 is 0. The van der Waals surface area contributed by atoms with Crippen LogP contribution in [0, 0.1) is 5.92 Å². The van der Waals surface area contributed by atoms with Crippen LogP contribution in [0.15, 0.2) is 18.3 Å². The van der Waals surface area contributed by atoms with Crippen molar-refractivity contribution < 1.29 is 19.4 Å². The lowest BCUT2D eigenvalue weighted by Crippen LogP contribution is -2.37. The summed E-state index contributed by atoms with van der Waals surface area (Å²) in [4.78, 5) is 26.5. The quantitative estimate of drug-likeness (QED) is 0.793. The van der Waals surface area contributed by atoms with Crippen molar-refractivity contribution in [2.24, 2.45) is 5.92 Å². The number of ether oxygens (including phenoxy) is 1. The maximum Gasteiger partial charge on any atom is 0.358 e. The van der Waals surface area contributed by atoms with Gasteiger partial charge in [-0.2, -0.15) is 0 Å². The van der Waals surface area contributed by atoms with E-state index in [1.165, 1.54) is 12.3 Å². The lowest BCUT2D eigenvalue weighted by Gasteiger charge is -2.16. The normalized spacial score (nSPS) is 12.0. The van der Waals surface area contributed by atoms with E-state index in [1.54, 1.807) is 13.0 Å². The molecule has 0 aliphatic carbocycles. The van der Waals surface area contributed by atoms with E-state index < -0.39 is 12.1 Å². The second kappa shape index (κ2) is 7.47. The molecule has 1 rings (SSSR count). The van der Waals surface area contributed by atoms with Gasteiger partial charge in [-0.3, -0.25) is 4.79 Å². The van der Waals surface area contributed by atoms with Gasteiger partial charge < -0.3 is 15.2 Å². The van der Waals surface area contributed by atoms with Gasteiger partial charge in [0.1, 0.15) is 0 Å². The highest BCUT2D eigenvalue weighted by Gasteiger charge is 2.19. The van der Waals surface area contributed by atoms with E-state index in [4.69, 9.17) is 9.84 Å². The van der Waals surface area contributed by atoms with Crippen molar-refractivity contribution in [1.29, 1.82) is 0 Å². The molecule has 0 radical (unpaired) electrons. The van der Waals surface area contributed by atoms with Crippen molar-refractivity contribution in [3.63, 3.8) is 0 Å². The largest absolute Gasteiger partial charge is 0.478 e. The second-order valence-electron chi connectivity index (χ2n) is 4.89. The van der Waals surface area contributed by atoms with Crippen LogP contribution in [0.5, 0.6) is 5.75 Å². The molecule has 1 aromatic rings. The van der Waals surface area contributed by atoms with Gasteiger partial charge in [0.2, 0.25) is 0 Å². The van der Waals surface area contributed by atoms with Gasteiger partial charge in [-0.25, -0.2) is 9.78 Å². The van der Waals surface area contributed by atoms with Crippen molar-refractivity contribution in [2.45, 2.75) is 33.3 Å². The molecule has 2 N–H and O–H groups in total. The SMILES string of the molecule is CC(C)CCNC(=O)C(C)Oc1cccnc1C(=O)O. The highest BCUT2D eigenvalue weighted by molar-refractivity contribution is 5.88. The Morgan fingerprint density at radius 1 is 1.40 bits per heavy atom. The highest BCUT2D eigenvalue weighted by atomic mass is 16.5. The number of aromatic carboxylic acids is 1. The summed E-state index contributed by atoms with van der Waals surface area (Å²) in [5.41, 5.74) is -0.200. The van der Waals surface area contributed by atoms with E-state index in [2.05, 4.69) is 24.1 Å². The zero-order valence-corrected chi connectivity index (χ0v) is 11.9. The Kier molecular flexibility index (Phi) is 5.96. The number of carbonyl (C=O) groups excluding carboxylic acids is 1. The monoisotopic (exact) mass is 280 g/mol. The van der Waals surface area contributed by atoms with Crippen LogP contribution in [0.2, 0.25) is 0 Å². The Hall–Kier alpha value is -2.11. The zero-order valence-electron chi connectivity index (χ0n) is 11.9. The minimum atomic E-state index is -1.19. The van der Waals surface area contributed by atoms with Gasteiger partial charge in [-0.15, -0.1) is 0 Å². The number of carbonyl (C=O) groups is 2. The summed E-state index contributed by atoms with van der Waals surface area (Å²) < 4.78 is 5.37. The van der Waals surface area contributed by atoms with Gasteiger partial charge in [0.15, 0.2) is 17.5 Å². The van der Waals surface area contributed by atoms with Crippen molar-refractivity contribution in [3.05, 3.63) is 24.0 Å². The topological polar surface area (TPSA) is 88.5 Å². The molecule has 6 nitrogen and oxygen atoms in total. The number of carboxylic acid groups (broad SMARTS) is 1. The maximum absolute atomic E-state index is 11.8. The van der Waals surface area contributed by atoms with Gasteiger partial charge >= 0.3 is 5.97 Å². The highest BCUT2D eigenvalue weighted by Crippen LogP contribution is 2.16. The van der Waals surface area contributed by atoms with E-state index in [0.29, 0.717) is 12.5 Å². The number of rotatable bonds is 7. The summed E-state index contributed by atoms with van der Waals surface area (Å²) in [6.07, 6.45) is 1.47. The fourth-order valence-electron chi connectivity index (χ4n) is 1.52. The van der Waals surface area contributed by atoms with Gasteiger partial charge in [0, 0.05) is 12.7 Å². The van der Waals surface area contributed by atoms with E-state index in [9.17, 15) is 9.59 Å². The molecule has 0 spiro atoms. The fourth-order valence-corrected chi connectivity index (χ4v) is 1.52. The molecular weight excluding hydrogens is 260 g/mol. The summed E-state index contributed by atoms with van der Waals surface area (Å²) in [7, 11) is 0. The van der Waals surface area contributed by atoms with Crippen molar-refractivity contribution in [2.75, 3.05) is 6.54 Å². The third-order valence-electron chi connectivity index (χ3n) is 2.67. The van der Waals surface area contributed by atoms with Gasteiger partial charge in [-0.1, -0.05) is 13.8 Å². The number of carboxylic acids is 1. The van der Waals surface area contributed by atoms with Crippen molar-refractivity contribution >= 4 is 11.9 Å². The molecule has 110 valence electrons. The van der Waals surface area contributed by atoms with E-state index >= 15 is 0 Å². The predicted octanol–water partition coefficient (Wildman–Crippen LogP) is 1.71. The fraction of sp³-hybridized carbons (Fsp3) is 0.500. The van der Waals surface area contributed by atoms with Crippen LogP contribution >= 0.6 is 0 Å². The van der Waals surface area contributed by atoms with E-state index in [1.807, 2.05) is 0 Å². The molecule has 1 aromatic heterocycles. The van der Waals surface area contributed by atoms with Crippen LogP contribution in [0.3, 0.4) is 0 Å². The summed E-state index contributed by atoms with van der Waals surface area (Å²) in [5.74, 6) is -0.867. The van der Waals surface area contributed by atoms with Crippen LogP contribution in [0.25, 0.3) is 0 Å². The number of nitrogens with zero attached hydrogens (tertiary/aromatic N) is 1. The Morgan fingerprint density at radius 2 is 2.10 bits per heavy atom. The van der Waals surface area contributed by atoms with Gasteiger partial charge in [0.25, 0.3) is 5.91 Å². The third kappa shape index (κ3) is 4.87. The number of hydrogen-bond donors (Lipinski definition) is 2. The molecule has 0 aromatic carbocycles. The smallest absolute Gasteiger partial charge is 0.358 e. The zero-order chi connectivity index (χ0) is 15.1. The first-order valence-corrected chi connectivity index (χ1v) is 6.54. The molecule has 0 saturated heterocycles. The minimum absolute atomic E-state index is 0.0894. The van der Waals surface area contributed by atoms with E-state index in [0.717, 1.165) is 6.42 Å². The molecule has 0 aliphatic rings. The number of nitrogens with one attached hydrogen (secondary N) is 1. The number of amides is 1. The second-order valence-corrected chi connectivity index (χ2v) is 4.89. The predicted molar refractivity (Wildman–Crippen MR) is 73.8 cm³/mol. The lowest BCUT2D eigenvalue weighted by molar-refractivity contribution is -0.127. The molecule has 1 amide bonds. The van der Waals surface area contributed by atoms with Crippen molar-refractivity contribution in [1.82, 2.24) is 10.3 Å². The van der Waals surface area contributed by atoms with Crippen LogP contribution in [-0.2, 0) is 4.79 Å². The molecule has 0 aliphatic heterocycles. The Morgan fingerprint density at radius 3 is 2.70 bits per heavy atom. The van der Waals surface area contributed by atoms with Crippen LogP contribution in [0.4, 0.5) is 0 Å². The summed E-state index contributed by atoms with van der Waals surface area (Å²) in [5, 5.41) is 11.7. The maximum atomic E-state index is 11.8. The van der Waals surface area contributed by atoms with Crippen LogP contribution in [0.1, 0.15) is 37.7 Å². The van der Waals surface area contributed by atoms with Crippen LogP contribution in [-0.4, -0.2) is 34.6 Å². The van der Waals surface area contributed by atoms with Crippen LogP contribution < -0.4 is 10.1 Å². The summed E-state index contributed by atoms with van der Waals surface area (Å²) in [6, 6.07) is 3.04. The number of aromatic nitrogens is 1. The molecular formula is C14H20N2O4. The first-order chi connectivity index (χ1) is 9.41. The molecule has 0 bridgehead atoms. The van der Waals surface area contributed by atoms with Gasteiger partial charge in [0.05, 0.1) is 0 Å². The Bertz CT molecular complexity index is 474. The molecule has 0 fully saturated rings. The minimum Gasteiger partial charge on any atom is -0.478 e. The standard InChI is InChI=1S/C14H20N2O4/c1-9(2)6-8-16-13(17)10(3)20-11-5-4-7-15-12(11)14(18)19/h4-5,7,9-10H,6,8H2,1-3H3,(H,16,17)(H,18,19). The van der Waals surface area contributed by atoms with Crippen molar-refractivity contribution in [3.8, 4) is 5.75 Å². The Balaban J connectivity index is 2.59. The Labute approximate surface area is 118 Å². The number of hydrogen-bond acceptors (Lipinski definition) is 4. The average molecular weight is 280 g/mol. The molecule has 6 heteroatoms. The number of pyridine rings is 1. The molecule has 20 heavy (non-hydrogen) atoms. The van der Waals surface area contributed by atoms with E-state index in [-0.39, 0.29) is 17.4 Å². The molecule has 1 heterocycles. The molecule has 1 unspecified atom stereocenters. The average Bonchev–Trinajstić information content (AvgIpc) is 2.38. The first kappa shape index (κ1) is 15.9. The molecule has 0 saturated carbocycles. The lowest BCUT2D eigenvalue weighted by atomic mass is 10.1. The summed E-state index contributed by atoms with van der Waals surface area (Å²) in [6.45, 7) is 6.29. The first-order valence-electron chi connectivity index (χ1n) is 6.54. The van der Waals surface area contributed by atoms with Gasteiger partial charge in [-0.05, 0) is 31.4 Å². The molecule has 1 atom stereocenters. The third-order valence-corrected chi connectivity index (χ3v) is 2.67.